The molecule has 2 aliphatic rings. The molecule has 0 bridgehead atoms. The van der Waals surface area contributed by atoms with Crippen LogP contribution < -0.4 is 15.4 Å². The van der Waals surface area contributed by atoms with Crippen molar-refractivity contribution in [3.05, 3.63) is 66.5 Å². The molecular weight excluding hydrogens is 532 g/mol. The first-order chi connectivity index (χ1) is 20.5. The quantitative estimate of drug-likeness (QED) is 0.241. The SMILES string of the molecule is CCOC(=O)CN1CCN(CC=CC(=O)Nc2cc3c(NC(C)c4ccccc4)ncnc3cc2OC2CCC2)CC1. The van der Waals surface area contributed by atoms with E-state index in [1.807, 2.05) is 43.3 Å². The summed E-state index contributed by atoms with van der Waals surface area (Å²) in [5, 5.41) is 7.34. The van der Waals surface area contributed by atoms with E-state index in [1.165, 1.54) is 0 Å². The Kier molecular flexibility index (Phi) is 9.99. The molecule has 2 aromatic carbocycles. The second kappa shape index (κ2) is 14.2. The lowest BCUT2D eigenvalue weighted by molar-refractivity contribution is -0.144. The molecule has 1 saturated carbocycles. The monoisotopic (exact) mass is 572 g/mol. The van der Waals surface area contributed by atoms with Crippen molar-refractivity contribution in [2.75, 3.05) is 56.5 Å². The van der Waals surface area contributed by atoms with Gasteiger partial charge in [-0.3, -0.25) is 19.4 Å². The van der Waals surface area contributed by atoms with Crippen LogP contribution in [0.4, 0.5) is 11.5 Å². The van der Waals surface area contributed by atoms with Crippen molar-refractivity contribution in [1.29, 1.82) is 0 Å². The molecular formula is C32H40N6O4. The van der Waals surface area contributed by atoms with Crippen molar-refractivity contribution in [3.8, 4) is 5.75 Å². The Morgan fingerprint density at radius 2 is 1.83 bits per heavy atom. The fraction of sp³-hybridized carbons (Fsp3) is 0.438. The predicted molar refractivity (Wildman–Crippen MR) is 164 cm³/mol. The third-order valence-corrected chi connectivity index (χ3v) is 7.75. The molecule has 5 rings (SSSR count). The van der Waals surface area contributed by atoms with Crippen molar-refractivity contribution in [3.63, 3.8) is 0 Å². The number of aromatic nitrogens is 2. The molecule has 1 unspecified atom stereocenters. The minimum atomic E-state index is -0.224. The number of rotatable bonds is 12. The molecule has 2 heterocycles. The molecule has 2 fully saturated rings. The molecule has 42 heavy (non-hydrogen) atoms. The number of nitrogens with zero attached hydrogens (tertiary/aromatic N) is 4. The summed E-state index contributed by atoms with van der Waals surface area (Å²) >= 11 is 0. The zero-order chi connectivity index (χ0) is 29.3. The third-order valence-electron chi connectivity index (χ3n) is 7.75. The van der Waals surface area contributed by atoms with Crippen molar-refractivity contribution in [2.45, 2.75) is 45.3 Å². The summed E-state index contributed by atoms with van der Waals surface area (Å²) in [4.78, 5) is 38.1. The number of carbonyl (C=O) groups excluding carboxylic acids is 2. The molecule has 0 radical (unpaired) electrons. The summed E-state index contributed by atoms with van der Waals surface area (Å²) < 4.78 is 11.3. The second-order valence-electron chi connectivity index (χ2n) is 10.8. The summed E-state index contributed by atoms with van der Waals surface area (Å²) in [6.07, 6.45) is 8.30. The van der Waals surface area contributed by atoms with Crippen molar-refractivity contribution < 1.29 is 19.1 Å². The Hall–Kier alpha value is -4.02. The topological polar surface area (TPSA) is 109 Å². The number of ether oxygens (including phenoxy) is 2. The van der Waals surface area contributed by atoms with Crippen LogP contribution in [0, 0.1) is 0 Å². The molecule has 10 nitrogen and oxygen atoms in total. The van der Waals surface area contributed by atoms with Crippen LogP contribution in [0.3, 0.4) is 0 Å². The fourth-order valence-electron chi connectivity index (χ4n) is 5.09. The number of hydrogen-bond donors (Lipinski definition) is 2. The minimum Gasteiger partial charge on any atom is -0.488 e. The van der Waals surface area contributed by atoms with Gasteiger partial charge in [0.15, 0.2) is 0 Å². The van der Waals surface area contributed by atoms with Gasteiger partial charge < -0.3 is 20.1 Å². The van der Waals surface area contributed by atoms with E-state index in [4.69, 9.17) is 9.47 Å². The molecule has 1 aromatic heterocycles. The number of piperazine rings is 1. The van der Waals surface area contributed by atoms with Crippen LogP contribution >= 0.6 is 0 Å². The fourth-order valence-corrected chi connectivity index (χ4v) is 5.09. The van der Waals surface area contributed by atoms with Crippen molar-refractivity contribution >= 4 is 34.3 Å². The van der Waals surface area contributed by atoms with Crippen LogP contribution in [0.1, 0.15) is 44.7 Å². The van der Waals surface area contributed by atoms with E-state index in [0.717, 1.165) is 61.9 Å². The average Bonchev–Trinajstić information content (AvgIpc) is 2.97. The summed E-state index contributed by atoms with van der Waals surface area (Å²) in [5.41, 5.74) is 2.49. The van der Waals surface area contributed by atoms with E-state index in [0.29, 0.717) is 37.0 Å². The number of esters is 1. The first-order valence-electron chi connectivity index (χ1n) is 14.8. The van der Waals surface area contributed by atoms with Gasteiger partial charge in [0, 0.05) is 56.3 Å². The molecule has 1 atom stereocenters. The van der Waals surface area contributed by atoms with Gasteiger partial charge >= 0.3 is 5.97 Å². The van der Waals surface area contributed by atoms with Gasteiger partial charge in [-0.25, -0.2) is 9.97 Å². The van der Waals surface area contributed by atoms with Crippen LogP contribution in [0.2, 0.25) is 0 Å². The smallest absolute Gasteiger partial charge is 0.320 e. The molecule has 3 aromatic rings. The lowest BCUT2D eigenvalue weighted by Gasteiger charge is -2.33. The zero-order valence-corrected chi connectivity index (χ0v) is 24.4. The normalized spacial score (nSPS) is 17.1. The number of hydrogen-bond acceptors (Lipinski definition) is 9. The zero-order valence-electron chi connectivity index (χ0n) is 24.4. The molecule has 10 heteroatoms. The maximum atomic E-state index is 13.0. The Bertz CT molecular complexity index is 1390. The van der Waals surface area contributed by atoms with Crippen LogP contribution in [0.15, 0.2) is 60.9 Å². The Morgan fingerprint density at radius 1 is 1.07 bits per heavy atom. The predicted octanol–water partition coefficient (Wildman–Crippen LogP) is 4.41. The Morgan fingerprint density at radius 3 is 2.55 bits per heavy atom. The summed E-state index contributed by atoms with van der Waals surface area (Å²) in [6.45, 7) is 8.52. The van der Waals surface area contributed by atoms with Gasteiger partial charge in [0.25, 0.3) is 0 Å². The highest BCUT2D eigenvalue weighted by atomic mass is 16.5. The highest BCUT2D eigenvalue weighted by Gasteiger charge is 2.22. The van der Waals surface area contributed by atoms with Crippen LogP contribution in [0.25, 0.3) is 10.9 Å². The van der Waals surface area contributed by atoms with E-state index in [9.17, 15) is 9.59 Å². The van der Waals surface area contributed by atoms with Crippen LogP contribution in [0.5, 0.6) is 5.75 Å². The first-order valence-corrected chi connectivity index (χ1v) is 14.8. The van der Waals surface area contributed by atoms with Gasteiger partial charge in [0.1, 0.15) is 17.9 Å². The molecule has 2 N–H and O–H groups in total. The lowest BCUT2D eigenvalue weighted by Crippen LogP contribution is -2.48. The first kappa shape index (κ1) is 29.5. The number of anilines is 2. The van der Waals surface area contributed by atoms with Gasteiger partial charge in [-0.1, -0.05) is 36.4 Å². The molecule has 1 amide bonds. The minimum absolute atomic E-state index is 0.0307. The largest absolute Gasteiger partial charge is 0.488 e. The van der Waals surface area contributed by atoms with Gasteiger partial charge in [0.2, 0.25) is 5.91 Å². The Labute approximate surface area is 247 Å². The maximum Gasteiger partial charge on any atom is 0.320 e. The maximum absolute atomic E-state index is 13.0. The number of nitrogens with one attached hydrogen (secondary N) is 2. The van der Waals surface area contributed by atoms with E-state index in [2.05, 4.69) is 49.5 Å². The summed E-state index contributed by atoms with van der Waals surface area (Å²) in [5.74, 6) is 0.905. The number of fused-ring (bicyclic) bond motifs is 1. The molecule has 222 valence electrons. The van der Waals surface area contributed by atoms with E-state index >= 15 is 0 Å². The number of carbonyl (C=O) groups is 2. The van der Waals surface area contributed by atoms with Gasteiger partial charge in [0.05, 0.1) is 30.5 Å². The molecule has 0 spiro atoms. The van der Waals surface area contributed by atoms with E-state index < -0.39 is 0 Å². The second-order valence-corrected chi connectivity index (χ2v) is 10.8. The third kappa shape index (κ3) is 7.83. The molecule has 1 aliphatic carbocycles. The van der Waals surface area contributed by atoms with E-state index in [1.54, 1.807) is 12.4 Å². The highest BCUT2D eigenvalue weighted by molar-refractivity contribution is 6.03. The van der Waals surface area contributed by atoms with Crippen molar-refractivity contribution in [1.82, 2.24) is 19.8 Å². The van der Waals surface area contributed by atoms with E-state index in [-0.39, 0.29) is 24.0 Å². The number of amides is 1. The molecule has 1 saturated heterocycles. The highest BCUT2D eigenvalue weighted by Crippen LogP contribution is 2.36. The van der Waals surface area contributed by atoms with Gasteiger partial charge in [-0.15, -0.1) is 0 Å². The van der Waals surface area contributed by atoms with Crippen LogP contribution in [-0.4, -0.2) is 83.6 Å². The van der Waals surface area contributed by atoms with Crippen LogP contribution in [-0.2, 0) is 14.3 Å². The average molecular weight is 573 g/mol. The summed E-state index contributed by atoms with van der Waals surface area (Å²) in [7, 11) is 0. The summed E-state index contributed by atoms with van der Waals surface area (Å²) in [6, 6.07) is 14.0. The van der Waals surface area contributed by atoms with Gasteiger partial charge in [-0.2, -0.15) is 0 Å². The van der Waals surface area contributed by atoms with Crippen molar-refractivity contribution in [2.24, 2.45) is 0 Å². The number of benzene rings is 2. The standard InChI is InChI=1S/C32H40N6O4/c1-3-41-31(40)21-38-17-15-37(16-18-38)14-8-13-30(39)36-28-19-26-27(20-29(28)42-25-11-7-12-25)33-22-34-32(26)35-23(2)24-9-5-4-6-10-24/h4-6,8-10,13,19-20,22-23,25H,3,7,11-12,14-18,21H2,1-2H3,(H,36,39)(H,33,34,35). The Balaban J connectivity index is 1.25. The molecule has 1 aliphatic heterocycles. The van der Waals surface area contributed by atoms with Gasteiger partial charge in [-0.05, 0) is 44.7 Å². The lowest BCUT2D eigenvalue weighted by atomic mass is 9.96.